The Balaban J connectivity index is 1.67. The quantitative estimate of drug-likeness (QED) is 0.748. The Morgan fingerprint density at radius 1 is 1.17 bits per heavy atom. The Kier molecular flexibility index (Phi) is 4.52. The van der Waals surface area contributed by atoms with Crippen LogP contribution in [-0.2, 0) is 6.54 Å². The van der Waals surface area contributed by atoms with Gasteiger partial charge in [-0.2, -0.15) is 5.10 Å². The van der Waals surface area contributed by atoms with E-state index < -0.39 is 0 Å². The molecule has 0 fully saturated rings. The van der Waals surface area contributed by atoms with E-state index in [0.717, 1.165) is 10.0 Å². The fourth-order valence-electron chi connectivity index (χ4n) is 2.13. The van der Waals surface area contributed by atoms with Gasteiger partial charge >= 0.3 is 0 Å². The van der Waals surface area contributed by atoms with E-state index in [4.69, 9.17) is 0 Å². The van der Waals surface area contributed by atoms with E-state index in [9.17, 15) is 9.18 Å². The third-order valence-corrected chi connectivity index (χ3v) is 3.75. The molecule has 0 aliphatic heterocycles. The van der Waals surface area contributed by atoms with Crippen molar-refractivity contribution >= 4 is 27.7 Å². The Bertz CT molecular complexity index is 830. The van der Waals surface area contributed by atoms with Gasteiger partial charge in [0.15, 0.2) is 5.82 Å². The van der Waals surface area contributed by atoms with E-state index in [1.807, 2.05) is 6.07 Å². The molecule has 0 aliphatic rings. The van der Waals surface area contributed by atoms with Crippen LogP contribution in [0.2, 0.25) is 0 Å². The lowest BCUT2D eigenvalue weighted by atomic mass is 10.2. The van der Waals surface area contributed by atoms with Gasteiger partial charge in [0, 0.05) is 22.3 Å². The van der Waals surface area contributed by atoms with Gasteiger partial charge in [0.1, 0.15) is 5.82 Å². The summed E-state index contributed by atoms with van der Waals surface area (Å²) in [5.74, 6) is -0.0544. The number of benzene rings is 2. The minimum absolute atomic E-state index is 0.228. The van der Waals surface area contributed by atoms with E-state index >= 15 is 0 Å². The van der Waals surface area contributed by atoms with Gasteiger partial charge in [0.2, 0.25) is 0 Å². The van der Waals surface area contributed by atoms with Crippen molar-refractivity contribution in [3.05, 3.63) is 82.2 Å². The summed E-state index contributed by atoms with van der Waals surface area (Å²) in [7, 11) is 0. The summed E-state index contributed by atoms with van der Waals surface area (Å²) in [6, 6.07) is 15.1. The lowest BCUT2D eigenvalue weighted by molar-refractivity contribution is 0.102. The molecule has 0 radical (unpaired) electrons. The number of aromatic nitrogens is 2. The molecule has 1 aromatic heterocycles. The van der Waals surface area contributed by atoms with Crippen LogP contribution in [0.5, 0.6) is 0 Å². The maximum Gasteiger partial charge on any atom is 0.256 e. The van der Waals surface area contributed by atoms with E-state index in [0.29, 0.717) is 17.9 Å². The minimum Gasteiger partial charge on any atom is -0.305 e. The molecule has 0 saturated heterocycles. The Hall–Kier alpha value is -2.47. The van der Waals surface area contributed by atoms with Gasteiger partial charge in [0.05, 0.1) is 6.54 Å². The number of hydrogen-bond acceptors (Lipinski definition) is 2. The number of carbonyl (C=O) groups excluding carboxylic acids is 1. The Morgan fingerprint density at radius 2 is 1.96 bits per heavy atom. The van der Waals surface area contributed by atoms with Gasteiger partial charge in [-0.3, -0.25) is 9.48 Å². The van der Waals surface area contributed by atoms with Crippen LogP contribution in [-0.4, -0.2) is 15.7 Å². The molecular formula is C17H13BrFN3O. The number of anilines is 1. The zero-order valence-electron chi connectivity index (χ0n) is 12.0. The highest BCUT2D eigenvalue weighted by Gasteiger charge is 2.08. The van der Waals surface area contributed by atoms with Crippen LogP contribution in [0.3, 0.4) is 0 Å². The number of hydrogen-bond donors (Lipinski definition) is 1. The molecule has 23 heavy (non-hydrogen) atoms. The van der Waals surface area contributed by atoms with Crippen molar-refractivity contribution in [2.75, 3.05) is 5.32 Å². The molecule has 3 aromatic rings. The maximum absolute atomic E-state index is 13.2. The number of nitrogens with one attached hydrogen (secondary N) is 1. The Morgan fingerprint density at radius 3 is 2.70 bits per heavy atom. The van der Waals surface area contributed by atoms with E-state index in [-0.39, 0.29) is 11.7 Å². The van der Waals surface area contributed by atoms with Crippen LogP contribution < -0.4 is 5.32 Å². The number of halogens is 2. The van der Waals surface area contributed by atoms with Crippen molar-refractivity contribution in [2.45, 2.75) is 6.54 Å². The SMILES string of the molecule is O=C(Nc1ccn(Cc2cccc(F)c2)n1)c1ccc(Br)cc1. The molecule has 0 aliphatic carbocycles. The van der Waals surface area contributed by atoms with Crippen molar-refractivity contribution in [2.24, 2.45) is 0 Å². The molecule has 2 aromatic carbocycles. The summed E-state index contributed by atoms with van der Waals surface area (Å²) in [5, 5.41) is 7.01. The molecule has 0 atom stereocenters. The van der Waals surface area contributed by atoms with Crippen molar-refractivity contribution in [3.8, 4) is 0 Å². The normalized spacial score (nSPS) is 10.5. The van der Waals surface area contributed by atoms with Gasteiger partial charge in [-0.15, -0.1) is 0 Å². The van der Waals surface area contributed by atoms with Gasteiger partial charge in [-0.1, -0.05) is 28.1 Å². The van der Waals surface area contributed by atoms with E-state index in [2.05, 4.69) is 26.3 Å². The first kappa shape index (κ1) is 15.4. The molecule has 0 spiro atoms. The number of rotatable bonds is 4. The molecule has 116 valence electrons. The molecule has 1 N–H and O–H groups in total. The average Bonchev–Trinajstić information content (AvgIpc) is 2.95. The third kappa shape index (κ3) is 4.04. The second kappa shape index (κ2) is 6.75. The van der Waals surface area contributed by atoms with Crippen LogP contribution in [0.25, 0.3) is 0 Å². The molecule has 1 amide bonds. The van der Waals surface area contributed by atoms with Crippen LogP contribution in [0, 0.1) is 5.82 Å². The molecule has 0 bridgehead atoms. The summed E-state index contributed by atoms with van der Waals surface area (Å²) >= 11 is 3.33. The topological polar surface area (TPSA) is 46.9 Å². The lowest BCUT2D eigenvalue weighted by Gasteiger charge is -2.03. The second-order valence-electron chi connectivity index (χ2n) is 4.99. The third-order valence-electron chi connectivity index (χ3n) is 3.22. The summed E-state index contributed by atoms with van der Waals surface area (Å²) in [6.45, 7) is 0.436. The Labute approximate surface area is 141 Å². The number of amides is 1. The molecule has 0 saturated carbocycles. The first-order chi connectivity index (χ1) is 11.1. The second-order valence-corrected chi connectivity index (χ2v) is 5.91. The van der Waals surface area contributed by atoms with Crippen molar-refractivity contribution < 1.29 is 9.18 Å². The summed E-state index contributed by atoms with van der Waals surface area (Å²) in [4.78, 5) is 12.1. The highest BCUT2D eigenvalue weighted by Crippen LogP contribution is 2.13. The van der Waals surface area contributed by atoms with Crippen molar-refractivity contribution in [1.29, 1.82) is 0 Å². The van der Waals surface area contributed by atoms with Crippen LogP contribution in [0.15, 0.2) is 65.3 Å². The first-order valence-electron chi connectivity index (χ1n) is 6.95. The summed E-state index contributed by atoms with van der Waals surface area (Å²) in [5.41, 5.74) is 1.35. The van der Waals surface area contributed by atoms with Crippen LogP contribution in [0.1, 0.15) is 15.9 Å². The maximum atomic E-state index is 13.2. The minimum atomic E-state index is -0.279. The molecule has 3 rings (SSSR count). The summed E-state index contributed by atoms with van der Waals surface area (Å²) < 4.78 is 15.7. The molecule has 0 unspecified atom stereocenters. The smallest absolute Gasteiger partial charge is 0.256 e. The molecule has 1 heterocycles. The molecule has 4 nitrogen and oxygen atoms in total. The van der Waals surface area contributed by atoms with Crippen LogP contribution >= 0.6 is 15.9 Å². The number of nitrogens with zero attached hydrogens (tertiary/aromatic N) is 2. The molecule has 6 heteroatoms. The van der Waals surface area contributed by atoms with Gasteiger partial charge in [-0.25, -0.2) is 4.39 Å². The summed E-state index contributed by atoms with van der Waals surface area (Å²) in [6.07, 6.45) is 1.74. The predicted octanol–water partition coefficient (Wildman–Crippen LogP) is 4.09. The number of carbonyl (C=O) groups is 1. The van der Waals surface area contributed by atoms with Crippen molar-refractivity contribution in [1.82, 2.24) is 9.78 Å². The monoisotopic (exact) mass is 373 g/mol. The van der Waals surface area contributed by atoms with Gasteiger partial charge < -0.3 is 5.32 Å². The first-order valence-corrected chi connectivity index (χ1v) is 7.74. The van der Waals surface area contributed by atoms with Gasteiger partial charge in [0.25, 0.3) is 5.91 Å². The zero-order chi connectivity index (χ0) is 16.2. The highest BCUT2D eigenvalue weighted by molar-refractivity contribution is 9.10. The standard InChI is InChI=1S/C17H13BrFN3O/c18-14-6-4-13(5-7-14)17(23)20-16-8-9-22(21-16)11-12-2-1-3-15(19)10-12/h1-10H,11H2,(H,20,21,23). The lowest BCUT2D eigenvalue weighted by Crippen LogP contribution is -2.12. The highest BCUT2D eigenvalue weighted by atomic mass is 79.9. The van der Waals surface area contributed by atoms with E-state index in [1.54, 1.807) is 47.3 Å². The predicted molar refractivity (Wildman–Crippen MR) is 89.8 cm³/mol. The average molecular weight is 374 g/mol. The van der Waals surface area contributed by atoms with E-state index in [1.165, 1.54) is 12.1 Å². The van der Waals surface area contributed by atoms with Crippen molar-refractivity contribution in [3.63, 3.8) is 0 Å². The fourth-order valence-corrected chi connectivity index (χ4v) is 2.39. The molecular weight excluding hydrogens is 361 g/mol. The fraction of sp³-hybridized carbons (Fsp3) is 0.0588. The van der Waals surface area contributed by atoms with Gasteiger partial charge in [-0.05, 0) is 42.0 Å². The largest absolute Gasteiger partial charge is 0.305 e. The zero-order valence-corrected chi connectivity index (χ0v) is 13.6. The van der Waals surface area contributed by atoms with Crippen LogP contribution in [0.4, 0.5) is 10.2 Å².